The molecule has 78 valence electrons. The molecule has 1 fully saturated rings. The first-order valence-corrected chi connectivity index (χ1v) is 6.66. The maximum absolute atomic E-state index is 11.6. The van der Waals surface area contributed by atoms with Gasteiger partial charge in [-0.3, -0.25) is 0 Å². The van der Waals surface area contributed by atoms with E-state index in [4.69, 9.17) is 0 Å². The van der Waals surface area contributed by atoms with Crippen molar-refractivity contribution < 1.29 is 8.42 Å². The van der Waals surface area contributed by atoms with Crippen molar-refractivity contribution in [3.63, 3.8) is 0 Å². The maximum atomic E-state index is 11.6. The second-order valence-corrected chi connectivity index (χ2v) is 6.69. The van der Waals surface area contributed by atoms with E-state index in [1.165, 1.54) is 0 Å². The van der Waals surface area contributed by atoms with Crippen LogP contribution in [0.15, 0.2) is 0 Å². The molecule has 1 N–H and O–H groups in total. The molecule has 1 atom stereocenters. The minimum absolute atomic E-state index is 0.227. The fourth-order valence-corrected chi connectivity index (χ4v) is 2.91. The molecule has 13 heavy (non-hydrogen) atoms. The molecule has 0 aromatic heterocycles. The van der Waals surface area contributed by atoms with Crippen LogP contribution in [-0.4, -0.2) is 32.5 Å². The highest BCUT2D eigenvalue weighted by Gasteiger charge is 2.23. The van der Waals surface area contributed by atoms with Crippen molar-refractivity contribution in [2.75, 3.05) is 18.8 Å². The zero-order chi connectivity index (χ0) is 9.90. The van der Waals surface area contributed by atoms with Crippen LogP contribution in [0.2, 0.25) is 0 Å². The van der Waals surface area contributed by atoms with Gasteiger partial charge < -0.3 is 5.32 Å². The Labute approximate surface area is 80.8 Å². The lowest BCUT2D eigenvalue weighted by Gasteiger charge is -2.23. The average Bonchev–Trinajstić information content (AvgIpc) is 2.05. The van der Waals surface area contributed by atoms with Gasteiger partial charge in [0.25, 0.3) is 0 Å². The van der Waals surface area contributed by atoms with E-state index in [0.29, 0.717) is 11.7 Å². The molecule has 0 unspecified atom stereocenters. The monoisotopic (exact) mass is 205 g/mol. The molecule has 1 aliphatic rings. The molecule has 0 aliphatic carbocycles. The van der Waals surface area contributed by atoms with Crippen LogP contribution in [0.4, 0.5) is 0 Å². The lowest BCUT2D eigenvalue weighted by atomic mass is 10.0. The van der Waals surface area contributed by atoms with Gasteiger partial charge in [0, 0.05) is 0 Å². The predicted octanol–water partition coefficient (Wildman–Crippen LogP) is 0.809. The minimum atomic E-state index is -2.84. The van der Waals surface area contributed by atoms with E-state index in [0.717, 1.165) is 25.9 Å². The Bertz CT molecular complexity index is 240. The predicted molar refractivity (Wildman–Crippen MR) is 54.5 cm³/mol. The number of hydrogen-bond donors (Lipinski definition) is 1. The van der Waals surface area contributed by atoms with E-state index in [1.54, 1.807) is 13.8 Å². The van der Waals surface area contributed by atoms with E-state index in [-0.39, 0.29) is 5.25 Å². The molecule has 1 aliphatic heterocycles. The third-order valence-corrected chi connectivity index (χ3v) is 4.96. The number of piperidine rings is 1. The fourth-order valence-electron chi connectivity index (χ4n) is 1.59. The summed E-state index contributed by atoms with van der Waals surface area (Å²) in [6, 6.07) is 0. The highest BCUT2D eigenvalue weighted by atomic mass is 32.2. The fraction of sp³-hybridized carbons (Fsp3) is 1.00. The Morgan fingerprint density at radius 3 is 2.62 bits per heavy atom. The molecule has 1 saturated heterocycles. The molecule has 1 rings (SSSR count). The average molecular weight is 205 g/mol. The molecule has 1 heterocycles. The molecule has 0 saturated carbocycles. The van der Waals surface area contributed by atoms with E-state index in [2.05, 4.69) is 5.32 Å². The minimum Gasteiger partial charge on any atom is -0.316 e. The van der Waals surface area contributed by atoms with E-state index in [1.807, 2.05) is 0 Å². The summed E-state index contributed by atoms with van der Waals surface area (Å²) in [5, 5.41) is 3.00. The van der Waals surface area contributed by atoms with Crippen LogP contribution in [0.3, 0.4) is 0 Å². The first-order valence-electron chi connectivity index (χ1n) is 4.94. The number of sulfone groups is 1. The second kappa shape index (κ2) is 4.42. The van der Waals surface area contributed by atoms with Crippen molar-refractivity contribution in [2.24, 2.45) is 5.92 Å². The summed E-state index contributed by atoms with van der Waals surface area (Å²) in [4.78, 5) is 0. The van der Waals surface area contributed by atoms with Crippen molar-refractivity contribution in [3.05, 3.63) is 0 Å². The molecular formula is C9H19NO2S. The summed E-state index contributed by atoms with van der Waals surface area (Å²) in [6.45, 7) is 5.42. The first kappa shape index (κ1) is 11.0. The summed E-state index contributed by atoms with van der Waals surface area (Å²) in [7, 11) is -2.84. The van der Waals surface area contributed by atoms with Gasteiger partial charge in [0.15, 0.2) is 9.84 Å². The summed E-state index contributed by atoms with van der Waals surface area (Å²) in [5.74, 6) is 0.693. The zero-order valence-electron chi connectivity index (χ0n) is 8.41. The Hall–Kier alpha value is -0.0900. The van der Waals surface area contributed by atoms with Gasteiger partial charge in [-0.2, -0.15) is 0 Å². The van der Waals surface area contributed by atoms with Gasteiger partial charge in [-0.15, -0.1) is 0 Å². The van der Waals surface area contributed by atoms with Gasteiger partial charge >= 0.3 is 0 Å². The highest BCUT2D eigenvalue weighted by molar-refractivity contribution is 7.91. The summed E-state index contributed by atoms with van der Waals surface area (Å²) < 4.78 is 23.1. The first-order chi connectivity index (χ1) is 6.02. The Balaban J connectivity index is 2.47. The van der Waals surface area contributed by atoms with Gasteiger partial charge in [-0.1, -0.05) is 0 Å². The zero-order valence-corrected chi connectivity index (χ0v) is 9.23. The molecule has 0 spiro atoms. The summed E-state index contributed by atoms with van der Waals surface area (Å²) >= 11 is 0. The molecule has 4 heteroatoms. The number of nitrogens with one attached hydrogen (secondary N) is 1. The van der Waals surface area contributed by atoms with Crippen molar-refractivity contribution >= 4 is 9.84 Å². The molecule has 0 bridgehead atoms. The Morgan fingerprint density at radius 1 is 1.46 bits per heavy atom. The third kappa shape index (κ3) is 3.27. The van der Waals surface area contributed by atoms with Crippen LogP contribution < -0.4 is 5.32 Å². The normalized spacial score (nSPS) is 25.0. The number of rotatable bonds is 3. The van der Waals surface area contributed by atoms with Crippen LogP contribution in [0.1, 0.15) is 26.7 Å². The third-order valence-electron chi connectivity index (χ3n) is 2.59. The molecule has 0 aromatic rings. The van der Waals surface area contributed by atoms with Gasteiger partial charge in [0.05, 0.1) is 11.0 Å². The molecule has 0 amide bonds. The quantitative estimate of drug-likeness (QED) is 0.741. The molecule has 3 nitrogen and oxygen atoms in total. The lowest BCUT2D eigenvalue weighted by Crippen LogP contribution is -2.35. The SMILES string of the molecule is CC(C)S(=O)(=O)C[C@@H]1CCCNC1. The van der Waals surface area contributed by atoms with Gasteiger partial charge in [-0.25, -0.2) is 8.42 Å². The molecule has 0 radical (unpaired) electrons. The van der Waals surface area contributed by atoms with Crippen molar-refractivity contribution in [2.45, 2.75) is 31.9 Å². The smallest absolute Gasteiger partial charge is 0.152 e. The molecule has 0 aromatic carbocycles. The van der Waals surface area contributed by atoms with E-state index < -0.39 is 9.84 Å². The van der Waals surface area contributed by atoms with E-state index in [9.17, 15) is 8.42 Å². The lowest BCUT2D eigenvalue weighted by molar-refractivity contribution is 0.403. The summed E-state index contributed by atoms with van der Waals surface area (Å²) in [5.41, 5.74) is 0. The maximum Gasteiger partial charge on any atom is 0.152 e. The van der Waals surface area contributed by atoms with Gasteiger partial charge in [-0.05, 0) is 45.7 Å². The van der Waals surface area contributed by atoms with Crippen molar-refractivity contribution in [1.82, 2.24) is 5.32 Å². The van der Waals surface area contributed by atoms with Gasteiger partial charge in [0.2, 0.25) is 0 Å². The standard InChI is InChI=1S/C9H19NO2S/c1-8(2)13(11,12)7-9-4-3-5-10-6-9/h8-10H,3-7H2,1-2H3/t9-/m1/s1. The van der Waals surface area contributed by atoms with Gasteiger partial charge in [0.1, 0.15) is 0 Å². The van der Waals surface area contributed by atoms with E-state index >= 15 is 0 Å². The largest absolute Gasteiger partial charge is 0.316 e. The topological polar surface area (TPSA) is 46.2 Å². The van der Waals surface area contributed by atoms with Crippen LogP contribution in [0.25, 0.3) is 0 Å². The molecular weight excluding hydrogens is 186 g/mol. The van der Waals surface area contributed by atoms with Crippen LogP contribution in [0, 0.1) is 5.92 Å². The van der Waals surface area contributed by atoms with Crippen molar-refractivity contribution in [3.8, 4) is 0 Å². The van der Waals surface area contributed by atoms with Crippen LogP contribution in [-0.2, 0) is 9.84 Å². The Kier molecular flexibility index (Phi) is 3.74. The second-order valence-electron chi connectivity index (χ2n) is 4.09. The van der Waals surface area contributed by atoms with Crippen molar-refractivity contribution in [1.29, 1.82) is 0 Å². The highest BCUT2D eigenvalue weighted by Crippen LogP contribution is 2.14. The van der Waals surface area contributed by atoms with Crippen LogP contribution >= 0.6 is 0 Å². The number of hydrogen-bond acceptors (Lipinski definition) is 3. The Morgan fingerprint density at radius 2 is 2.15 bits per heavy atom. The summed E-state index contributed by atoms with van der Waals surface area (Å²) in [6.07, 6.45) is 2.16. The van der Waals surface area contributed by atoms with Crippen LogP contribution in [0.5, 0.6) is 0 Å².